The second-order valence-corrected chi connectivity index (χ2v) is 6.92. The molecule has 27 heavy (non-hydrogen) atoms. The van der Waals surface area contributed by atoms with Crippen LogP contribution in [0.4, 0.5) is 0 Å². The van der Waals surface area contributed by atoms with E-state index < -0.39 is 0 Å². The summed E-state index contributed by atoms with van der Waals surface area (Å²) in [7, 11) is 0. The van der Waals surface area contributed by atoms with Gasteiger partial charge in [-0.3, -0.25) is 9.48 Å². The first-order valence-electron chi connectivity index (χ1n) is 8.63. The zero-order valence-electron chi connectivity index (χ0n) is 14.6. The van der Waals surface area contributed by atoms with Gasteiger partial charge in [-0.05, 0) is 17.2 Å². The standard InChI is InChI=1S/C21H18N4OS/c26-20(19-15-27-21(24-19)16-7-2-1-3-8-16)22-13-17-9-4-5-10-18(17)14-25-12-6-11-23-25/h1-12,15H,13-14H2,(H,22,26). The summed E-state index contributed by atoms with van der Waals surface area (Å²) < 4.78 is 1.87. The Morgan fingerprint density at radius 3 is 2.56 bits per heavy atom. The van der Waals surface area contributed by atoms with Crippen LogP contribution >= 0.6 is 11.3 Å². The minimum Gasteiger partial charge on any atom is -0.347 e. The van der Waals surface area contributed by atoms with Crippen LogP contribution in [0.15, 0.2) is 78.4 Å². The Hall–Kier alpha value is -3.25. The van der Waals surface area contributed by atoms with Crippen LogP contribution in [-0.4, -0.2) is 20.7 Å². The number of benzene rings is 2. The molecule has 1 N–H and O–H groups in total. The molecule has 6 heteroatoms. The normalized spacial score (nSPS) is 10.7. The van der Waals surface area contributed by atoms with Crippen LogP contribution in [0.3, 0.4) is 0 Å². The van der Waals surface area contributed by atoms with Gasteiger partial charge in [-0.1, -0.05) is 54.6 Å². The average Bonchev–Trinajstić information content (AvgIpc) is 3.40. The molecule has 0 atom stereocenters. The van der Waals surface area contributed by atoms with Gasteiger partial charge in [0.05, 0.1) is 6.54 Å². The van der Waals surface area contributed by atoms with Gasteiger partial charge in [0.1, 0.15) is 10.7 Å². The van der Waals surface area contributed by atoms with E-state index in [9.17, 15) is 4.79 Å². The fourth-order valence-corrected chi connectivity index (χ4v) is 3.62. The van der Waals surface area contributed by atoms with E-state index in [4.69, 9.17) is 0 Å². The number of hydrogen-bond acceptors (Lipinski definition) is 4. The molecule has 4 rings (SSSR count). The summed E-state index contributed by atoms with van der Waals surface area (Å²) in [6.45, 7) is 1.13. The lowest BCUT2D eigenvalue weighted by atomic mass is 10.1. The molecule has 2 aromatic heterocycles. The molecule has 0 saturated carbocycles. The molecule has 0 aliphatic heterocycles. The van der Waals surface area contributed by atoms with Crippen LogP contribution in [0.5, 0.6) is 0 Å². The first kappa shape index (κ1) is 17.2. The van der Waals surface area contributed by atoms with Crippen LogP contribution < -0.4 is 5.32 Å². The largest absolute Gasteiger partial charge is 0.347 e. The van der Waals surface area contributed by atoms with Crippen molar-refractivity contribution in [2.24, 2.45) is 0 Å². The monoisotopic (exact) mass is 374 g/mol. The molecule has 5 nitrogen and oxygen atoms in total. The number of hydrogen-bond donors (Lipinski definition) is 1. The van der Waals surface area contributed by atoms with E-state index in [-0.39, 0.29) is 5.91 Å². The van der Waals surface area contributed by atoms with Crippen molar-refractivity contribution in [2.45, 2.75) is 13.1 Å². The number of amides is 1. The molecule has 4 aromatic rings. The molecule has 0 aliphatic carbocycles. The molecule has 1 amide bonds. The van der Waals surface area contributed by atoms with Crippen LogP contribution in [0.2, 0.25) is 0 Å². The Labute approximate surface area is 161 Å². The van der Waals surface area contributed by atoms with E-state index >= 15 is 0 Å². The van der Waals surface area contributed by atoms with Crippen molar-refractivity contribution in [2.75, 3.05) is 0 Å². The Kier molecular flexibility index (Phi) is 5.07. The number of rotatable bonds is 6. The maximum absolute atomic E-state index is 12.5. The zero-order valence-corrected chi connectivity index (χ0v) is 15.4. The molecule has 0 bridgehead atoms. The number of carbonyl (C=O) groups is 1. The minimum atomic E-state index is -0.165. The summed E-state index contributed by atoms with van der Waals surface area (Å²) in [5.41, 5.74) is 3.67. The highest BCUT2D eigenvalue weighted by Crippen LogP contribution is 2.23. The molecular weight excluding hydrogens is 356 g/mol. The lowest BCUT2D eigenvalue weighted by molar-refractivity contribution is 0.0946. The average molecular weight is 374 g/mol. The van der Waals surface area contributed by atoms with E-state index in [0.717, 1.165) is 21.7 Å². The maximum atomic E-state index is 12.5. The third kappa shape index (κ3) is 4.12. The van der Waals surface area contributed by atoms with Gasteiger partial charge >= 0.3 is 0 Å². The third-order valence-corrected chi connectivity index (χ3v) is 5.10. The number of nitrogens with zero attached hydrogens (tertiary/aromatic N) is 3. The number of thiazole rings is 1. The van der Waals surface area contributed by atoms with E-state index in [1.807, 2.05) is 65.5 Å². The Balaban J connectivity index is 1.44. The summed E-state index contributed by atoms with van der Waals surface area (Å²) in [6, 6.07) is 19.8. The SMILES string of the molecule is O=C(NCc1ccccc1Cn1cccn1)c1csc(-c2ccccc2)n1. The van der Waals surface area contributed by atoms with Gasteiger partial charge < -0.3 is 5.32 Å². The van der Waals surface area contributed by atoms with E-state index in [1.165, 1.54) is 11.3 Å². The van der Waals surface area contributed by atoms with Crippen molar-refractivity contribution in [1.29, 1.82) is 0 Å². The molecule has 2 aromatic carbocycles. The van der Waals surface area contributed by atoms with Gasteiger partial charge in [-0.25, -0.2) is 4.98 Å². The zero-order chi connectivity index (χ0) is 18.5. The van der Waals surface area contributed by atoms with Crippen molar-refractivity contribution in [3.05, 3.63) is 95.3 Å². The molecular formula is C21H18N4OS. The molecule has 0 aliphatic rings. The van der Waals surface area contributed by atoms with Crippen molar-refractivity contribution in [3.63, 3.8) is 0 Å². The van der Waals surface area contributed by atoms with Gasteiger partial charge in [0.2, 0.25) is 0 Å². The van der Waals surface area contributed by atoms with Gasteiger partial charge in [0.25, 0.3) is 5.91 Å². The van der Waals surface area contributed by atoms with E-state index in [0.29, 0.717) is 18.8 Å². The first-order chi connectivity index (χ1) is 13.3. The van der Waals surface area contributed by atoms with Crippen molar-refractivity contribution in [3.8, 4) is 10.6 Å². The van der Waals surface area contributed by atoms with E-state index in [1.54, 1.807) is 11.6 Å². The fraction of sp³-hybridized carbons (Fsp3) is 0.0952. The van der Waals surface area contributed by atoms with E-state index in [2.05, 4.69) is 21.5 Å². The van der Waals surface area contributed by atoms with Gasteiger partial charge in [-0.15, -0.1) is 11.3 Å². The Morgan fingerprint density at radius 1 is 1.00 bits per heavy atom. The van der Waals surface area contributed by atoms with Crippen LogP contribution in [-0.2, 0) is 13.1 Å². The lowest BCUT2D eigenvalue weighted by Gasteiger charge is -2.10. The van der Waals surface area contributed by atoms with Crippen LogP contribution in [0.25, 0.3) is 10.6 Å². The molecule has 134 valence electrons. The van der Waals surface area contributed by atoms with Crippen molar-refractivity contribution < 1.29 is 4.79 Å². The molecule has 2 heterocycles. The van der Waals surface area contributed by atoms with Crippen LogP contribution in [0, 0.1) is 0 Å². The number of aromatic nitrogens is 3. The molecule has 0 spiro atoms. The summed E-state index contributed by atoms with van der Waals surface area (Å²) >= 11 is 1.48. The summed E-state index contributed by atoms with van der Waals surface area (Å²) in [5.74, 6) is -0.165. The Morgan fingerprint density at radius 2 is 1.78 bits per heavy atom. The topological polar surface area (TPSA) is 59.8 Å². The summed E-state index contributed by atoms with van der Waals surface area (Å²) in [6.07, 6.45) is 3.69. The van der Waals surface area contributed by atoms with Crippen molar-refractivity contribution in [1.82, 2.24) is 20.1 Å². The summed E-state index contributed by atoms with van der Waals surface area (Å²) in [5, 5.41) is 9.87. The van der Waals surface area contributed by atoms with Gasteiger partial charge in [0, 0.05) is 29.9 Å². The second kappa shape index (κ2) is 7.97. The van der Waals surface area contributed by atoms with Crippen LogP contribution in [0.1, 0.15) is 21.6 Å². The molecule has 0 unspecified atom stereocenters. The smallest absolute Gasteiger partial charge is 0.271 e. The predicted octanol–water partition coefficient (Wildman–Crippen LogP) is 3.98. The number of nitrogens with one attached hydrogen (secondary N) is 1. The third-order valence-electron chi connectivity index (χ3n) is 4.21. The van der Waals surface area contributed by atoms with Gasteiger partial charge in [0.15, 0.2) is 0 Å². The second-order valence-electron chi connectivity index (χ2n) is 6.06. The predicted molar refractivity (Wildman–Crippen MR) is 106 cm³/mol. The highest BCUT2D eigenvalue weighted by molar-refractivity contribution is 7.13. The van der Waals surface area contributed by atoms with Crippen molar-refractivity contribution >= 4 is 17.2 Å². The molecule has 0 saturated heterocycles. The highest BCUT2D eigenvalue weighted by Gasteiger charge is 2.12. The maximum Gasteiger partial charge on any atom is 0.271 e. The molecule has 0 fully saturated rings. The quantitative estimate of drug-likeness (QED) is 0.555. The molecule has 0 radical (unpaired) electrons. The minimum absolute atomic E-state index is 0.165. The number of carbonyl (C=O) groups excluding carboxylic acids is 1. The van der Waals surface area contributed by atoms with Gasteiger partial charge in [-0.2, -0.15) is 5.10 Å². The fourth-order valence-electron chi connectivity index (χ4n) is 2.81. The lowest BCUT2D eigenvalue weighted by Crippen LogP contribution is -2.24. The summed E-state index contributed by atoms with van der Waals surface area (Å²) in [4.78, 5) is 17.0. The first-order valence-corrected chi connectivity index (χ1v) is 9.51. The highest BCUT2D eigenvalue weighted by atomic mass is 32.1. The Bertz CT molecular complexity index is 1030.